The van der Waals surface area contributed by atoms with E-state index in [2.05, 4.69) is 19.9 Å². The number of hydrogen-bond donors (Lipinski definition) is 1. The molecule has 5 saturated carbocycles. The van der Waals surface area contributed by atoms with Crippen LogP contribution >= 0.6 is 0 Å². The molecular weight excluding hydrogens is 422 g/mol. The molecule has 1 aromatic carbocycles. The summed E-state index contributed by atoms with van der Waals surface area (Å²) in [5.41, 5.74) is 1.22. The highest BCUT2D eigenvalue weighted by Crippen LogP contribution is 2.66. The van der Waals surface area contributed by atoms with Gasteiger partial charge >= 0.3 is 0 Å². The molecule has 5 fully saturated rings. The Hall–Kier alpha value is -2.31. The van der Waals surface area contributed by atoms with Crippen molar-refractivity contribution in [1.29, 1.82) is 0 Å². The summed E-state index contributed by atoms with van der Waals surface area (Å²) in [4.78, 5) is 28.2. The molecule has 1 aliphatic heterocycles. The Morgan fingerprint density at radius 3 is 2.64 bits per heavy atom. The van der Waals surface area contributed by atoms with Crippen LogP contribution in [0.1, 0.15) is 88.7 Å². The van der Waals surface area contributed by atoms with E-state index in [9.17, 15) is 20.0 Å². The molecule has 0 aromatic heterocycles. The number of carbonyl (C=O) groups excluding carboxylic acids is 1. The smallest absolute Gasteiger partial charge is 0.294 e. The molecule has 1 aromatic rings. The molecule has 0 saturated heterocycles. The number of benzene rings is 1. The lowest BCUT2D eigenvalue weighted by Gasteiger charge is -2.62. The van der Waals surface area contributed by atoms with E-state index in [0.29, 0.717) is 24.7 Å². The second-order valence-corrected chi connectivity index (χ2v) is 12.3. The molecule has 0 radical (unpaired) electrons. The number of Topliss-reactive ketones (excluding diaryl/α,β-unsaturated/α-hetero) is 1. The van der Waals surface area contributed by atoms with E-state index in [0.717, 1.165) is 55.4 Å². The van der Waals surface area contributed by atoms with Crippen molar-refractivity contribution in [3.05, 3.63) is 33.4 Å². The van der Waals surface area contributed by atoms with Crippen LogP contribution in [0.15, 0.2) is 12.1 Å². The zero-order valence-corrected chi connectivity index (χ0v) is 19.5. The van der Waals surface area contributed by atoms with Gasteiger partial charge in [0, 0.05) is 30.2 Å². The maximum absolute atomic E-state index is 12.3. The van der Waals surface area contributed by atoms with Crippen LogP contribution in [0.2, 0.25) is 0 Å². The van der Waals surface area contributed by atoms with Gasteiger partial charge in [-0.2, -0.15) is 0 Å². The molecule has 1 heterocycles. The van der Waals surface area contributed by atoms with E-state index in [1.54, 1.807) is 0 Å². The van der Waals surface area contributed by atoms with E-state index in [1.165, 1.54) is 6.42 Å². The zero-order valence-electron chi connectivity index (χ0n) is 19.5. The summed E-state index contributed by atoms with van der Waals surface area (Å²) in [6.45, 7) is 4.37. The van der Waals surface area contributed by atoms with Crippen LogP contribution in [-0.4, -0.2) is 28.2 Å². The lowest BCUT2D eigenvalue weighted by molar-refractivity contribution is -0.761. The van der Waals surface area contributed by atoms with Gasteiger partial charge in [-0.3, -0.25) is 4.79 Å². The highest BCUT2D eigenvalue weighted by Gasteiger charge is 2.59. The Bertz CT molecular complexity index is 1020. The summed E-state index contributed by atoms with van der Waals surface area (Å²) in [7, 11) is 0. The van der Waals surface area contributed by atoms with Gasteiger partial charge in [-0.25, -0.2) is 0 Å². The van der Waals surface area contributed by atoms with Crippen molar-refractivity contribution in [2.75, 3.05) is 6.61 Å². The van der Waals surface area contributed by atoms with Crippen molar-refractivity contribution >= 4 is 5.78 Å². The molecule has 33 heavy (non-hydrogen) atoms. The van der Waals surface area contributed by atoms with Gasteiger partial charge in [0.15, 0.2) is 0 Å². The van der Waals surface area contributed by atoms with E-state index < -0.39 is 10.7 Å². The fraction of sp³-hybridized carbons (Fsp3) is 0.731. The second-order valence-electron chi connectivity index (χ2n) is 12.3. The van der Waals surface area contributed by atoms with Crippen molar-refractivity contribution in [3.8, 4) is 11.5 Å². The monoisotopic (exact) mass is 455 g/mol. The van der Waals surface area contributed by atoms with Crippen LogP contribution in [0, 0.1) is 33.3 Å². The normalized spacial score (nSPS) is 40.0. The molecule has 178 valence electrons. The summed E-state index contributed by atoms with van der Waals surface area (Å²) >= 11 is 0. The van der Waals surface area contributed by atoms with E-state index in [-0.39, 0.29) is 40.8 Å². The molecule has 1 N–H and O–H groups in total. The average molecular weight is 456 g/mol. The van der Waals surface area contributed by atoms with Crippen LogP contribution in [0.25, 0.3) is 0 Å². The minimum absolute atomic E-state index is 0.00440. The van der Waals surface area contributed by atoms with Crippen LogP contribution in [0.3, 0.4) is 0 Å². The van der Waals surface area contributed by atoms with Gasteiger partial charge in [0.1, 0.15) is 29.5 Å². The van der Waals surface area contributed by atoms with Gasteiger partial charge in [-0.05, 0) is 99.2 Å². The first kappa shape index (κ1) is 21.2. The molecule has 7 rings (SSSR count). The maximum atomic E-state index is 12.3. The third kappa shape index (κ3) is 3.25. The average Bonchev–Trinajstić information content (AvgIpc) is 2.70. The first-order valence-corrected chi connectivity index (χ1v) is 12.4. The topological polar surface area (TPSA) is 98.9 Å². The largest absolute Gasteiger partial charge is 0.508 e. The SMILES string of the molecule is CC1(C)Oc2cc([C@]34CC5CC(C[C@@](CO[N+](=O)[O-])(C5)C3)C4)cc(O)c2[C@@H]2CC(=O)CC[C@H]21. The summed E-state index contributed by atoms with van der Waals surface area (Å²) in [6.07, 6.45) is 7.98. The summed E-state index contributed by atoms with van der Waals surface area (Å²) in [5.74, 6) is 2.51. The summed E-state index contributed by atoms with van der Waals surface area (Å²) in [5, 5.41) is 21.6. The Morgan fingerprint density at radius 2 is 1.94 bits per heavy atom. The van der Waals surface area contributed by atoms with Gasteiger partial charge in [0.05, 0.1) is 0 Å². The molecule has 0 amide bonds. The van der Waals surface area contributed by atoms with Crippen molar-refractivity contribution < 1.29 is 24.6 Å². The zero-order chi connectivity index (χ0) is 23.2. The van der Waals surface area contributed by atoms with Gasteiger partial charge in [-0.1, -0.05) is 0 Å². The number of hydrogen-bond acceptors (Lipinski definition) is 6. The predicted octanol–water partition coefficient (Wildman–Crippen LogP) is 5.06. The molecule has 7 heteroatoms. The highest BCUT2D eigenvalue weighted by molar-refractivity contribution is 5.81. The van der Waals surface area contributed by atoms with Gasteiger partial charge < -0.3 is 14.7 Å². The second kappa shape index (κ2) is 6.86. The lowest BCUT2D eigenvalue weighted by atomic mass is 9.43. The maximum Gasteiger partial charge on any atom is 0.294 e. The number of fused-ring (bicyclic) bond motifs is 3. The quantitative estimate of drug-likeness (QED) is 0.503. The van der Waals surface area contributed by atoms with Crippen molar-refractivity contribution in [3.63, 3.8) is 0 Å². The Morgan fingerprint density at radius 1 is 1.21 bits per heavy atom. The van der Waals surface area contributed by atoms with Crippen molar-refractivity contribution in [2.24, 2.45) is 23.2 Å². The number of aromatic hydroxyl groups is 1. The van der Waals surface area contributed by atoms with Crippen LogP contribution in [-0.2, 0) is 15.0 Å². The standard InChI is InChI=1S/C26H33NO6/c1-24(2)20-4-3-18(28)8-19(20)23-21(29)6-17(7-22(23)33-24)26-11-15-5-16(12-26)10-25(9-15,13-26)14-32-27(30)31/h6-7,15-16,19-20,29H,3-5,8-14H2,1-2H3/t15?,16?,19-,20-,25-,26-/m1/s1. The molecular formula is C26H33NO6. The minimum atomic E-state index is -0.659. The van der Waals surface area contributed by atoms with Crippen LogP contribution in [0.4, 0.5) is 0 Å². The Kier molecular flexibility index (Phi) is 4.41. The van der Waals surface area contributed by atoms with E-state index in [1.807, 2.05) is 6.07 Å². The number of rotatable bonds is 4. The number of carbonyl (C=O) groups is 1. The van der Waals surface area contributed by atoms with E-state index >= 15 is 0 Å². The fourth-order valence-electron chi connectivity index (χ4n) is 9.03. The number of ether oxygens (including phenoxy) is 1. The summed E-state index contributed by atoms with van der Waals surface area (Å²) in [6, 6.07) is 4.05. The third-order valence-corrected chi connectivity index (χ3v) is 9.70. The van der Waals surface area contributed by atoms with Gasteiger partial charge in [0.25, 0.3) is 5.09 Å². The molecule has 5 aliphatic carbocycles. The molecule has 6 aliphatic rings. The number of nitrogens with zero attached hydrogens (tertiary/aromatic N) is 1. The molecule has 4 atom stereocenters. The Labute approximate surface area is 193 Å². The minimum Gasteiger partial charge on any atom is -0.508 e. The molecule has 0 spiro atoms. The number of ketones is 1. The molecule has 7 nitrogen and oxygen atoms in total. The van der Waals surface area contributed by atoms with Crippen LogP contribution < -0.4 is 4.74 Å². The van der Waals surface area contributed by atoms with Crippen molar-refractivity contribution in [2.45, 2.75) is 88.6 Å². The highest BCUT2D eigenvalue weighted by atomic mass is 16.9. The van der Waals surface area contributed by atoms with Gasteiger partial charge in [-0.15, -0.1) is 10.1 Å². The fourth-order valence-corrected chi connectivity index (χ4v) is 9.03. The van der Waals surface area contributed by atoms with E-state index in [4.69, 9.17) is 9.57 Å². The Balaban J connectivity index is 1.40. The molecule has 4 bridgehead atoms. The van der Waals surface area contributed by atoms with Crippen molar-refractivity contribution in [1.82, 2.24) is 0 Å². The first-order chi connectivity index (χ1) is 15.6. The predicted molar refractivity (Wildman–Crippen MR) is 120 cm³/mol. The summed E-state index contributed by atoms with van der Waals surface area (Å²) < 4.78 is 6.53. The number of phenolic OH excluding ortho intramolecular Hbond substituents is 1. The number of phenols is 1. The van der Waals surface area contributed by atoms with Crippen LogP contribution in [0.5, 0.6) is 11.5 Å². The first-order valence-electron chi connectivity index (χ1n) is 12.4. The lowest BCUT2D eigenvalue weighted by Crippen LogP contribution is -2.55. The van der Waals surface area contributed by atoms with Gasteiger partial charge in [0.2, 0.25) is 0 Å². The molecule has 2 unspecified atom stereocenters. The third-order valence-electron chi connectivity index (χ3n) is 9.70.